The molecule has 5 heteroatoms. The van der Waals surface area contributed by atoms with E-state index in [0.717, 1.165) is 31.0 Å². The van der Waals surface area contributed by atoms with Crippen LogP contribution < -0.4 is 5.32 Å². The molecule has 0 amide bonds. The lowest BCUT2D eigenvalue weighted by Crippen LogP contribution is -2.08. The monoisotopic (exact) mass is 217 g/mol. The summed E-state index contributed by atoms with van der Waals surface area (Å²) in [6.07, 6.45) is 4.55. The predicted molar refractivity (Wildman–Crippen MR) is 62.1 cm³/mol. The van der Waals surface area contributed by atoms with Crippen molar-refractivity contribution in [2.45, 2.75) is 19.9 Å². The first-order chi connectivity index (χ1) is 7.84. The largest absolute Gasteiger partial charge is 0.370 e. The second kappa shape index (κ2) is 5.25. The van der Waals surface area contributed by atoms with Gasteiger partial charge in [-0.25, -0.2) is 4.98 Å². The fourth-order valence-corrected chi connectivity index (χ4v) is 1.45. The molecule has 2 aromatic rings. The molecule has 84 valence electrons. The maximum Gasteiger partial charge on any atom is 0.126 e. The fraction of sp³-hybridized carbons (Fsp3) is 0.364. The lowest BCUT2D eigenvalue weighted by Gasteiger charge is -2.05. The maximum absolute atomic E-state index is 4.36. The lowest BCUT2D eigenvalue weighted by atomic mass is 10.3. The van der Waals surface area contributed by atoms with Gasteiger partial charge in [0.05, 0.1) is 6.20 Å². The van der Waals surface area contributed by atoms with Crippen LogP contribution in [0.2, 0.25) is 0 Å². The molecule has 0 fully saturated rings. The molecular weight excluding hydrogens is 202 g/mol. The zero-order valence-electron chi connectivity index (χ0n) is 9.30. The van der Waals surface area contributed by atoms with Crippen molar-refractivity contribution < 1.29 is 0 Å². The zero-order chi connectivity index (χ0) is 11.2. The minimum Gasteiger partial charge on any atom is -0.370 e. The highest BCUT2D eigenvalue weighted by molar-refractivity contribution is 5.34. The van der Waals surface area contributed by atoms with Gasteiger partial charge in [0.2, 0.25) is 0 Å². The number of aromatic nitrogens is 4. The Labute approximate surface area is 94.5 Å². The van der Waals surface area contributed by atoms with Crippen molar-refractivity contribution in [1.82, 2.24) is 20.0 Å². The molecular formula is C11H15N5. The lowest BCUT2D eigenvalue weighted by molar-refractivity contribution is 0.569. The summed E-state index contributed by atoms with van der Waals surface area (Å²) in [7, 11) is 0. The number of hydrogen-bond acceptors (Lipinski definition) is 4. The van der Waals surface area contributed by atoms with E-state index >= 15 is 0 Å². The molecule has 0 aromatic carbocycles. The Kier molecular flexibility index (Phi) is 3.48. The Bertz CT molecular complexity index is 424. The predicted octanol–water partition coefficient (Wildman–Crippen LogP) is 1.48. The summed E-state index contributed by atoms with van der Waals surface area (Å²) >= 11 is 0. The minimum atomic E-state index is 0.874. The number of nitrogens with zero attached hydrogens (tertiary/aromatic N) is 4. The van der Waals surface area contributed by atoms with Gasteiger partial charge in [-0.2, -0.15) is 0 Å². The first kappa shape index (κ1) is 10.6. The summed E-state index contributed by atoms with van der Waals surface area (Å²) in [6, 6.07) is 5.96. The Hall–Kier alpha value is -1.91. The first-order valence-electron chi connectivity index (χ1n) is 5.36. The van der Waals surface area contributed by atoms with E-state index in [0.29, 0.717) is 0 Å². The van der Waals surface area contributed by atoms with Gasteiger partial charge in [0.1, 0.15) is 5.82 Å². The fourth-order valence-electron chi connectivity index (χ4n) is 1.45. The molecule has 5 nitrogen and oxygen atoms in total. The quantitative estimate of drug-likeness (QED) is 0.771. The van der Waals surface area contributed by atoms with Crippen LogP contribution in [-0.4, -0.2) is 26.5 Å². The van der Waals surface area contributed by atoms with Crippen LogP contribution in [-0.2, 0) is 6.54 Å². The average Bonchev–Trinajstić information content (AvgIpc) is 2.77. The van der Waals surface area contributed by atoms with Crippen LogP contribution in [0.1, 0.15) is 12.1 Å². The van der Waals surface area contributed by atoms with Gasteiger partial charge in [-0.05, 0) is 25.5 Å². The molecule has 0 unspecified atom stereocenters. The van der Waals surface area contributed by atoms with Crippen molar-refractivity contribution in [2.24, 2.45) is 0 Å². The first-order valence-corrected chi connectivity index (χ1v) is 5.36. The van der Waals surface area contributed by atoms with Gasteiger partial charge in [0.15, 0.2) is 0 Å². The summed E-state index contributed by atoms with van der Waals surface area (Å²) in [5, 5.41) is 10.9. The Morgan fingerprint density at radius 3 is 3.06 bits per heavy atom. The zero-order valence-corrected chi connectivity index (χ0v) is 9.30. The number of rotatable bonds is 5. The van der Waals surface area contributed by atoms with E-state index in [1.807, 2.05) is 36.0 Å². The third kappa shape index (κ3) is 3.05. The molecule has 0 aliphatic heterocycles. The van der Waals surface area contributed by atoms with Crippen LogP contribution >= 0.6 is 0 Å². The highest BCUT2D eigenvalue weighted by Crippen LogP contribution is 2.03. The standard InChI is InChI=1S/C11H15N5/c1-10-4-2-5-11(14-10)12-6-3-8-16-9-7-13-15-16/h2,4-5,7,9H,3,6,8H2,1H3,(H,12,14). The molecule has 0 saturated heterocycles. The van der Waals surface area contributed by atoms with Crippen molar-refractivity contribution in [3.8, 4) is 0 Å². The Morgan fingerprint density at radius 1 is 1.38 bits per heavy atom. The van der Waals surface area contributed by atoms with Gasteiger partial charge in [-0.1, -0.05) is 11.3 Å². The SMILES string of the molecule is Cc1cccc(NCCCn2ccnn2)n1. The average molecular weight is 217 g/mol. The Balaban J connectivity index is 1.72. The molecule has 0 spiro atoms. The Morgan fingerprint density at radius 2 is 2.31 bits per heavy atom. The van der Waals surface area contributed by atoms with Crippen molar-refractivity contribution in [2.75, 3.05) is 11.9 Å². The normalized spacial score (nSPS) is 10.3. The second-order valence-corrected chi connectivity index (χ2v) is 3.61. The van der Waals surface area contributed by atoms with E-state index in [1.54, 1.807) is 6.20 Å². The van der Waals surface area contributed by atoms with Gasteiger partial charge in [-0.3, -0.25) is 4.68 Å². The highest BCUT2D eigenvalue weighted by atomic mass is 15.4. The topological polar surface area (TPSA) is 55.6 Å². The molecule has 16 heavy (non-hydrogen) atoms. The molecule has 2 rings (SSSR count). The van der Waals surface area contributed by atoms with Crippen LogP contribution in [0.15, 0.2) is 30.6 Å². The van der Waals surface area contributed by atoms with E-state index in [4.69, 9.17) is 0 Å². The molecule has 1 N–H and O–H groups in total. The third-order valence-electron chi connectivity index (χ3n) is 2.23. The summed E-state index contributed by atoms with van der Waals surface area (Å²) in [5.74, 6) is 0.929. The smallest absolute Gasteiger partial charge is 0.126 e. The molecule has 0 bridgehead atoms. The number of nitrogens with one attached hydrogen (secondary N) is 1. The van der Waals surface area contributed by atoms with Crippen molar-refractivity contribution >= 4 is 5.82 Å². The van der Waals surface area contributed by atoms with Crippen LogP contribution in [0.5, 0.6) is 0 Å². The number of aryl methyl sites for hydroxylation is 2. The molecule has 0 radical (unpaired) electrons. The maximum atomic E-state index is 4.36. The van der Waals surface area contributed by atoms with Crippen molar-refractivity contribution in [1.29, 1.82) is 0 Å². The van der Waals surface area contributed by atoms with Crippen molar-refractivity contribution in [3.63, 3.8) is 0 Å². The van der Waals surface area contributed by atoms with Gasteiger partial charge in [0, 0.05) is 25.0 Å². The van der Waals surface area contributed by atoms with Gasteiger partial charge in [0.25, 0.3) is 0 Å². The minimum absolute atomic E-state index is 0.874. The summed E-state index contributed by atoms with van der Waals surface area (Å²) in [6.45, 7) is 3.75. The molecule has 2 aromatic heterocycles. The van der Waals surface area contributed by atoms with E-state index in [2.05, 4.69) is 20.6 Å². The van der Waals surface area contributed by atoms with Gasteiger partial charge < -0.3 is 5.32 Å². The van der Waals surface area contributed by atoms with Gasteiger partial charge >= 0.3 is 0 Å². The molecule has 0 saturated carbocycles. The molecule has 0 aliphatic carbocycles. The number of hydrogen-bond donors (Lipinski definition) is 1. The van der Waals surface area contributed by atoms with Crippen LogP contribution in [0.25, 0.3) is 0 Å². The van der Waals surface area contributed by atoms with Crippen LogP contribution in [0.4, 0.5) is 5.82 Å². The summed E-state index contributed by atoms with van der Waals surface area (Å²) < 4.78 is 1.82. The summed E-state index contributed by atoms with van der Waals surface area (Å²) in [4.78, 5) is 4.36. The highest BCUT2D eigenvalue weighted by Gasteiger charge is 1.94. The van der Waals surface area contributed by atoms with E-state index in [-0.39, 0.29) is 0 Å². The molecule has 0 aliphatic rings. The number of pyridine rings is 1. The second-order valence-electron chi connectivity index (χ2n) is 3.61. The summed E-state index contributed by atoms with van der Waals surface area (Å²) in [5.41, 5.74) is 1.03. The van der Waals surface area contributed by atoms with E-state index < -0.39 is 0 Å². The molecule has 2 heterocycles. The van der Waals surface area contributed by atoms with Crippen molar-refractivity contribution in [3.05, 3.63) is 36.3 Å². The van der Waals surface area contributed by atoms with Crippen LogP contribution in [0, 0.1) is 6.92 Å². The van der Waals surface area contributed by atoms with E-state index in [1.165, 1.54) is 0 Å². The van der Waals surface area contributed by atoms with Gasteiger partial charge in [-0.15, -0.1) is 5.10 Å². The number of anilines is 1. The third-order valence-corrected chi connectivity index (χ3v) is 2.23. The van der Waals surface area contributed by atoms with E-state index in [9.17, 15) is 0 Å². The van der Waals surface area contributed by atoms with Crippen LogP contribution in [0.3, 0.4) is 0 Å². The molecule has 0 atom stereocenters.